The Balaban J connectivity index is 1.99. The third-order valence-electron chi connectivity index (χ3n) is 3.59. The van der Waals surface area contributed by atoms with Gasteiger partial charge in [0.15, 0.2) is 17.3 Å². The summed E-state index contributed by atoms with van der Waals surface area (Å²) in [5.74, 6) is -3.59. The second-order valence-corrected chi connectivity index (χ2v) is 5.29. The minimum atomic E-state index is -1.26. The standard InChI is InChI=1S/C19H11F2NO4/c20-14-7-4-8-17(18(14)21)26-16-10-9-13(11-15(16)22(24)25)19(23)12-5-2-1-3-6-12/h1-11H. The largest absolute Gasteiger partial charge is 0.447 e. The van der Waals surface area contributed by atoms with Crippen LogP contribution >= 0.6 is 0 Å². The van der Waals surface area contributed by atoms with Crippen LogP contribution in [0.15, 0.2) is 66.7 Å². The Bertz CT molecular complexity index is 990. The fraction of sp³-hybridized carbons (Fsp3) is 0. The molecule has 0 heterocycles. The molecule has 0 aliphatic carbocycles. The van der Waals surface area contributed by atoms with Crippen LogP contribution in [0.2, 0.25) is 0 Å². The second-order valence-electron chi connectivity index (χ2n) is 5.29. The molecule has 0 bridgehead atoms. The lowest BCUT2D eigenvalue weighted by Gasteiger charge is -2.09. The van der Waals surface area contributed by atoms with Crippen LogP contribution < -0.4 is 4.74 Å². The molecule has 5 nitrogen and oxygen atoms in total. The second kappa shape index (κ2) is 7.10. The minimum absolute atomic E-state index is 0.0787. The topological polar surface area (TPSA) is 69.4 Å². The Morgan fingerprint density at radius 1 is 0.885 bits per heavy atom. The highest BCUT2D eigenvalue weighted by Gasteiger charge is 2.21. The smallest absolute Gasteiger partial charge is 0.312 e. The SMILES string of the molecule is O=C(c1ccccc1)c1ccc(Oc2cccc(F)c2F)c([N+](=O)[O-])c1. The van der Waals surface area contributed by atoms with Gasteiger partial charge < -0.3 is 4.74 Å². The van der Waals surface area contributed by atoms with E-state index < -0.39 is 33.8 Å². The zero-order valence-corrected chi connectivity index (χ0v) is 13.2. The van der Waals surface area contributed by atoms with Gasteiger partial charge in [-0.15, -0.1) is 0 Å². The number of ketones is 1. The number of nitro groups is 1. The first-order valence-corrected chi connectivity index (χ1v) is 7.47. The number of nitrogens with zero attached hydrogens (tertiary/aromatic N) is 1. The molecule has 7 heteroatoms. The quantitative estimate of drug-likeness (QED) is 0.371. The molecule has 0 atom stereocenters. The van der Waals surface area contributed by atoms with Gasteiger partial charge in [-0.25, -0.2) is 4.39 Å². The minimum Gasteiger partial charge on any atom is -0.447 e. The molecule has 0 amide bonds. The van der Waals surface area contributed by atoms with Crippen molar-refractivity contribution in [1.29, 1.82) is 0 Å². The molecule has 0 aliphatic heterocycles. The van der Waals surface area contributed by atoms with Crippen molar-refractivity contribution in [2.24, 2.45) is 0 Å². The van der Waals surface area contributed by atoms with Crippen LogP contribution in [-0.2, 0) is 0 Å². The highest BCUT2D eigenvalue weighted by molar-refractivity contribution is 6.09. The van der Waals surface area contributed by atoms with Crippen LogP contribution in [0.1, 0.15) is 15.9 Å². The van der Waals surface area contributed by atoms with Gasteiger partial charge >= 0.3 is 5.69 Å². The first-order chi connectivity index (χ1) is 12.5. The molecule has 26 heavy (non-hydrogen) atoms. The molecular weight excluding hydrogens is 344 g/mol. The van der Waals surface area contributed by atoms with E-state index in [1.807, 2.05) is 0 Å². The van der Waals surface area contributed by atoms with Gasteiger partial charge in [-0.2, -0.15) is 4.39 Å². The van der Waals surface area contributed by atoms with E-state index in [2.05, 4.69) is 0 Å². The maximum atomic E-state index is 13.7. The lowest BCUT2D eigenvalue weighted by atomic mass is 10.0. The van der Waals surface area contributed by atoms with Crippen LogP contribution in [0.4, 0.5) is 14.5 Å². The summed E-state index contributed by atoms with van der Waals surface area (Å²) in [6.07, 6.45) is 0. The lowest BCUT2D eigenvalue weighted by Crippen LogP contribution is -2.03. The van der Waals surface area contributed by atoms with Gasteiger partial charge in [-0.1, -0.05) is 36.4 Å². The molecule has 0 aromatic heterocycles. The summed E-state index contributed by atoms with van der Waals surface area (Å²) in [5, 5.41) is 11.3. The number of rotatable bonds is 5. The average Bonchev–Trinajstić information content (AvgIpc) is 2.65. The Kier molecular flexibility index (Phi) is 4.70. The van der Waals surface area contributed by atoms with Crippen LogP contribution in [0.25, 0.3) is 0 Å². The number of halogens is 2. The molecular formula is C19H11F2NO4. The molecule has 0 spiro atoms. The van der Waals surface area contributed by atoms with Crippen molar-refractivity contribution >= 4 is 11.5 Å². The Morgan fingerprint density at radius 2 is 1.62 bits per heavy atom. The highest BCUT2D eigenvalue weighted by Crippen LogP contribution is 2.34. The number of carbonyl (C=O) groups excluding carboxylic acids is 1. The number of benzene rings is 3. The Hall–Kier alpha value is -3.61. The Labute approximate surface area is 146 Å². The predicted molar refractivity (Wildman–Crippen MR) is 89.4 cm³/mol. The van der Waals surface area contributed by atoms with E-state index in [1.165, 1.54) is 18.2 Å². The summed E-state index contributed by atoms with van der Waals surface area (Å²) in [6.45, 7) is 0. The fourth-order valence-corrected chi connectivity index (χ4v) is 2.33. The van der Waals surface area contributed by atoms with Crippen LogP contribution in [0.3, 0.4) is 0 Å². The zero-order valence-electron chi connectivity index (χ0n) is 13.2. The van der Waals surface area contributed by atoms with Crippen molar-refractivity contribution in [3.8, 4) is 11.5 Å². The third kappa shape index (κ3) is 3.41. The van der Waals surface area contributed by atoms with Crippen molar-refractivity contribution in [3.63, 3.8) is 0 Å². The molecule has 3 rings (SSSR count). The van der Waals surface area contributed by atoms with E-state index >= 15 is 0 Å². The maximum Gasteiger partial charge on any atom is 0.312 e. The normalized spacial score (nSPS) is 10.4. The van der Waals surface area contributed by atoms with E-state index in [0.29, 0.717) is 5.56 Å². The van der Waals surface area contributed by atoms with Gasteiger partial charge in [0.05, 0.1) is 4.92 Å². The first kappa shape index (κ1) is 17.2. The number of hydrogen-bond donors (Lipinski definition) is 0. The maximum absolute atomic E-state index is 13.7. The molecule has 0 N–H and O–H groups in total. The molecule has 0 radical (unpaired) electrons. The lowest BCUT2D eigenvalue weighted by molar-refractivity contribution is -0.385. The van der Waals surface area contributed by atoms with Gasteiger partial charge in [0.25, 0.3) is 0 Å². The molecule has 3 aromatic rings. The summed E-state index contributed by atoms with van der Waals surface area (Å²) < 4.78 is 32.1. The fourth-order valence-electron chi connectivity index (χ4n) is 2.33. The van der Waals surface area contributed by atoms with Gasteiger partial charge in [0.2, 0.25) is 11.6 Å². The van der Waals surface area contributed by atoms with E-state index in [9.17, 15) is 23.7 Å². The van der Waals surface area contributed by atoms with E-state index in [1.54, 1.807) is 30.3 Å². The van der Waals surface area contributed by atoms with Crippen molar-refractivity contribution in [2.45, 2.75) is 0 Å². The van der Waals surface area contributed by atoms with Gasteiger partial charge in [-0.3, -0.25) is 14.9 Å². The van der Waals surface area contributed by atoms with E-state index in [-0.39, 0.29) is 11.3 Å². The van der Waals surface area contributed by atoms with Crippen LogP contribution in [-0.4, -0.2) is 10.7 Å². The monoisotopic (exact) mass is 355 g/mol. The average molecular weight is 355 g/mol. The highest BCUT2D eigenvalue weighted by atomic mass is 19.2. The zero-order chi connectivity index (χ0) is 18.7. The van der Waals surface area contributed by atoms with Gasteiger partial charge in [-0.05, 0) is 24.3 Å². The molecule has 0 fully saturated rings. The van der Waals surface area contributed by atoms with Crippen LogP contribution in [0, 0.1) is 21.7 Å². The number of nitro benzene ring substituents is 1. The first-order valence-electron chi connectivity index (χ1n) is 7.47. The summed E-state index contributed by atoms with van der Waals surface area (Å²) in [4.78, 5) is 23.0. The number of hydrogen-bond acceptors (Lipinski definition) is 4. The van der Waals surface area contributed by atoms with Gasteiger partial charge in [0.1, 0.15) is 0 Å². The summed E-state index contributed by atoms with van der Waals surface area (Å²) in [5.41, 5.74) is -0.0861. The van der Waals surface area contributed by atoms with Crippen molar-refractivity contribution in [3.05, 3.63) is 99.6 Å². The number of carbonyl (C=O) groups is 1. The predicted octanol–water partition coefficient (Wildman–Crippen LogP) is 4.90. The molecule has 0 unspecified atom stereocenters. The van der Waals surface area contributed by atoms with E-state index in [4.69, 9.17) is 4.74 Å². The summed E-state index contributed by atoms with van der Waals surface area (Å²) in [7, 11) is 0. The number of ether oxygens (including phenoxy) is 1. The molecule has 3 aromatic carbocycles. The summed E-state index contributed by atoms with van der Waals surface area (Å²) >= 11 is 0. The third-order valence-corrected chi connectivity index (χ3v) is 3.59. The van der Waals surface area contributed by atoms with Crippen LogP contribution in [0.5, 0.6) is 11.5 Å². The summed E-state index contributed by atoms with van der Waals surface area (Å²) in [6, 6.07) is 15.1. The van der Waals surface area contributed by atoms with Crippen molar-refractivity contribution < 1.29 is 23.2 Å². The molecule has 0 aliphatic rings. The van der Waals surface area contributed by atoms with Crippen molar-refractivity contribution in [2.75, 3.05) is 0 Å². The van der Waals surface area contributed by atoms with Gasteiger partial charge in [0, 0.05) is 17.2 Å². The molecule has 0 saturated heterocycles. The van der Waals surface area contributed by atoms with Crippen molar-refractivity contribution in [1.82, 2.24) is 0 Å². The molecule has 0 saturated carbocycles. The Morgan fingerprint density at radius 3 is 2.31 bits per heavy atom. The van der Waals surface area contributed by atoms with E-state index in [0.717, 1.165) is 18.2 Å². The molecule has 130 valence electrons.